The molecule has 3 atom stereocenters. The quantitative estimate of drug-likeness (QED) is 0.141. The summed E-state index contributed by atoms with van der Waals surface area (Å²) in [5.41, 5.74) is 7.79. The maximum Gasteiger partial charge on any atom is 0.410 e. The largest absolute Gasteiger partial charge is 0.444 e. The van der Waals surface area contributed by atoms with Crippen LogP contribution in [0, 0.1) is 18.3 Å². The Bertz CT molecular complexity index is 649. The first-order chi connectivity index (χ1) is 14.5. The van der Waals surface area contributed by atoms with E-state index in [0.29, 0.717) is 25.9 Å². The molecule has 2 amide bonds. The van der Waals surface area contributed by atoms with E-state index in [2.05, 4.69) is 15.9 Å². The van der Waals surface area contributed by atoms with E-state index in [1.807, 2.05) is 46.4 Å². The number of hydrogen-bond donors (Lipinski definition) is 0. The second-order valence-electron chi connectivity index (χ2n) is 8.75. The number of carbonyl (C=O) groups is 2. The first-order valence-corrected chi connectivity index (χ1v) is 10.8. The van der Waals surface area contributed by atoms with Crippen molar-refractivity contribution in [1.82, 2.24) is 9.80 Å². The van der Waals surface area contributed by atoms with Crippen molar-refractivity contribution < 1.29 is 19.1 Å². The molecule has 0 heterocycles. The Balaban J connectivity index is 5.25. The summed E-state index contributed by atoms with van der Waals surface area (Å²) in [7, 11) is 1.65. The highest BCUT2D eigenvalue weighted by Crippen LogP contribution is 2.17. The van der Waals surface area contributed by atoms with Crippen LogP contribution < -0.4 is 0 Å². The highest BCUT2D eigenvalue weighted by atomic mass is 16.6. The van der Waals surface area contributed by atoms with E-state index in [9.17, 15) is 9.59 Å². The zero-order chi connectivity index (χ0) is 24.0. The molecule has 9 nitrogen and oxygen atoms in total. The van der Waals surface area contributed by atoms with Gasteiger partial charge in [-0.25, -0.2) is 4.79 Å². The Kier molecular flexibility index (Phi) is 13.4. The monoisotopic (exact) mass is 437 g/mol. The van der Waals surface area contributed by atoms with Crippen molar-refractivity contribution in [3.63, 3.8) is 0 Å². The average molecular weight is 438 g/mol. The summed E-state index contributed by atoms with van der Waals surface area (Å²) < 4.78 is 11.2. The molecule has 0 aromatic rings. The van der Waals surface area contributed by atoms with Gasteiger partial charge in [-0.2, -0.15) is 0 Å². The Hall–Kier alpha value is -2.43. The van der Waals surface area contributed by atoms with Crippen LogP contribution in [0.3, 0.4) is 0 Å². The van der Waals surface area contributed by atoms with Gasteiger partial charge < -0.3 is 19.3 Å². The van der Waals surface area contributed by atoms with Crippen LogP contribution >= 0.6 is 0 Å². The van der Waals surface area contributed by atoms with Crippen LogP contribution in [0.4, 0.5) is 4.79 Å². The van der Waals surface area contributed by atoms with Crippen LogP contribution in [-0.4, -0.2) is 72.8 Å². The molecule has 0 bridgehead atoms. The molecule has 0 aromatic heterocycles. The Morgan fingerprint density at radius 2 is 1.90 bits per heavy atom. The normalized spacial score (nSPS) is 13.9. The van der Waals surface area contributed by atoms with Gasteiger partial charge in [-0.05, 0) is 46.1 Å². The SMILES string of the molecule is C#CCOC(CN(C)C(=O)OC(C)(C)C)C(C)CN(C(=O)CCCN=[N+]=[N-])C(C)CC. The third kappa shape index (κ3) is 12.1. The molecule has 9 heteroatoms. The summed E-state index contributed by atoms with van der Waals surface area (Å²) in [6.07, 6.45) is 6.18. The molecule has 0 aliphatic carbocycles. The molecule has 176 valence electrons. The number of nitrogens with zero attached hydrogens (tertiary/aromatic N) is 5. The highest BCUT2D eigenvalue weighted by Gasteiger charge is 2.29. The molecule has 31 heavy (non-hydrogen) atoms. The van der Waals surface area contributed by atoms with Crippen LogP contribution in [-0.2, 0) is 14.3 Å². The fourth-order valence-corrected chi connectivity index (χ4v) is 2.90. The summed E-state index contributed by atoms with van der Waals surface area (Å²) in [6.45, 7) is 12.6. The van der Waals surface area contributed by atoms with E-state index < -0.39 is 11.7 Å². The molecule has 0 aliphatic heterocycles. The lowest BCUT2D eigenvalue weighted by Gasteiger charge is -2.35. The molecule has 0 saturated heterocycles. The molecule has 0 N–H and O–H groups in total. The Morgan fingerprint density at radius 1 is 1.26 bits per heavy atom. The maximum atomic E-state index is 12.8. The van der Waals surface area contributed by atoms with Gasteiger partial charge >= 0.3 is 6.09 Å². The molecule has 3 unspecified atom stereocenters. The van der Waals surface area contributed by atoms with Crippen molar-refractivity contribution in [2.45, 2.75) is 78.6 Å². The molecule has 0 fully saturated rings. The van der Waals surface area contributed by atoms with E-state index in [4.69, 9.17) is 21.4 Å². The van der Waals surface area contributed by atoms with Gasteiger partial charge in [-0.3, -0.25) is 4.79 Å². The number of likely N-dealkylation sites (N-methyl/N-ethyl adjacent to an activating group) is 1. The number of rotatable bonds is 13. The zero-order valence-electron chi connectivity index (χ0n) is 20.1. The van der Waals surface area contributed by atoms with Gasteiger partial charge in [-0.1, -0.05) is 24.9 Å². The molecular formula is C22H39N5O4. The number of ether oxygens (including phenoxy) is 2. The first-order valence-electron chi connectivity index (χ1n) is 10.8. The maximum absolute atomic E-state index is 12.8. The van der Waals surface area contributed by atoms with Crippen molar-refractivity contribution in [3.8, 4) is 12.3 Å². The van der Waals surface area contributed by atoms with Gasteiger partial charge in [0, 0.05) is 43.4 Å². The van der Waals surface area contributed by atoms with E-state index in [1.165, 1.54) is 4.90 Å². The summed E-state index contributed by atoms with van der Waals surface area (Å²) in [6, 6.07) is 0.0475. The lowest BCUT2D eigenvalue weighted by Crippen LogP contribution is -2.47. The van der Waals surface area contributed by atoms with E-state index in [0.717, 1.165) is 6.42 Å². The molecule has 0 rings (SSSR count). The third-order valence-electron chi connectivity index (χ3n) is 4.81. The standard InChI is InChI=1S/C22H39N5O4/c1-9-14-30-19(16-26(8)21(29)31-22(5,6)7)17(3)15-27(18(4)10-2)20(28)12-11-13-24-25-23/h1,17-19H,10-16H2,2-8H3. The minimum atomic E-state index is -0.596. The number of azide groups is 1. The smallest absolute Gasteiger partial charge is 0.410 e. The minimum Gasteiger partial charge on any atom is -0.444 e. The predicted octanol–water partition coefficient (Wildman–Crippen LogP) is 4.23. The molecule has 0 aromatic carbocycles. The van der Waals surface area contributed by atoms with Crippen molar-refractivity contribution >= 4 is 12.0 Å². The molecule has 0 aliphatic rings. The second-order valence-corrected chi connectivity index (χ2v) is 8.75. The van der Waals surface area contributed by atoms with Crippen molar-refractivity contribution in [2.24, 2.45) is 11.0 Å². The van der Waals surface area contributed by atoms with E-state index >= 15 is 0 Å². The molecule has 0 saturated carbocycles. The van der Waals surface area contributed by atoms with Crippen molar-refractivity contribution in [2.75, 3.05) is 33.3 Å². The van der Waals surface area contributed by atoms with Crippen LogP contribution in [0.15, 0.2) is 5.11 Å². The van der Waals surface area contributed by atoms with Gasteiger partial charge in [0.2, 0.25) is 5.91 Å². The fraction of sp³-hybridized carbons (Fsp3) is 0.818. The summed E-state index contributed by atoms with van der Waals surface area (Å²) in [5.74, 6) is 2.40. The average Bonchev–Trinajstić information content (AvgIpc) is 2.69. The van der Waals surface area contributed by atoms with Gasteiger partial charge in [-0.15, -0.1) is 6.42 Å². The zero-order valence-corrected chi connectivity index (χ0v) is 20.1. The van der Waals surface area contributed by atoms with Crippen molar-refractivity contribution in [3.05, 3.63) is 10.4 Å². The minimum absolute atomic E-state index is 0.00513. The van der Waals surface area contributed by atoms with Crippen molar-refractivity contribution in [1.29, 1.82) is 0 Å². The Morgan fingerprint density at radius 3 is 2.42 bits per heavy atom. The third-order valence-corrected chi connectivity index (χ3v) is 4.81. The summed E-state index contributed by atoms with van der Waals surface area (Å²) >= 11 is 0. The van der Waals surface area contributed by atoms with Gasteiger partial charge in [0.1, 0.15) is 12.2 Å². The molecular weight excluding hydrogens is 398 g/mol. The van der Waals surface area contributed by atoms with Crippen LogP contribution in [0.25, 0.3) is 10.4 Å². The van der Waals surface area contributed by atoms with E-state index in [1.54, 1.807) is 7.05 Å². The number of hydrogen-bond acceptors (Lipinski definition) is 5. The van der Waals surface area contributed by atoms with Gasteiger partial charge in [0.25, 0.3) is 0 Å². The summed E-state index contributed by atoms with van der Waals surface area (Å²) in [5, 5.41) is 3.49. The predicted molar refractivity (Wildman–Crippen MR) is 121 cm³/mol. The Labute approximate surface area is 187 Å². The second kappa shape index (κ2) is 14.6. The van der Waals surface area contributed by atoms with Crippen LogP contribution in [0.2, 0.25) is 0 Å². The van der Waals surface area contributed by atoms with E-state index in [-0.39, 0.29) is 37.1 Å². The number of amides is 2. The number of carbonyl (C=O) groups excluding carboxylic acids is 2. The fourth-order valence-electron chi connectivity index (χ4n) is 2.90. The topological polar surface area (TPSA) is 108 Å². The number of terminal acetylenes is 1. The molecule has 0 spiro atoms. The molecule has 0 radical (unpaired) electrons. The lowest BCUT2D eigenvalue weighted by atomic mass is 10.0. The van der Waals surface area contributed by atoms with Gasteiger partial charge in [0.05, 0.1) is 12.6 Å². The van der Waals surface area contributed by atoms with Gasteiger partial charge in [0.15, 0.2) is 0 Å². The van der Waals surface area contributed by atoms with Crippen LogP contribution in [0.5, 0.6) is 0 Å². The highest BCUT2D eigenvalue weighted by molar-refractivity contribution is 5.76. The first kappa shape index (κ1) is 28.6. The lowest BCUT2D eigenvalue weighted by molar-refractivity contribution is -0.135. The van der Waals surface area contributed by atoms with Crippen LogP contribution in [0.1, 0.15) is 60.8 Å². The summed E-state index contributed by atoms with van der Waals surface area (Å²) in [4.78, 5) is 31.2.